The molecule has 0 atom stereocenters. The molecule has 0 aliphatic carbocycles. The number of aromatic nitrogens is 1. The molecule has 1 heterocycles. The lowest BCUT2D eigenvalue weighted by Gasteiger charge is -2.34. The van der Waals surface area contributed by atoms with Gasteiger partial charge in [-0.1, -0.05) is 6.07 Å². The van der Waals surface area contributed by atoms with E-state index in [-0.39, 0.29) is 21.8 Å². The van der Waals surface area contributed by atoms with Gasteiger partial charge in [-0.2, -0.15) is 0 Å². The van der Waals surface area contributed by atoms with E-state index < -0.39 is 12.9 Å². The average molecular weight is 251 g/mol. The summed E-state index contributed by atoms with van der Waals surface area (Å²) >= 11 is 0. The predicted octanol–water partition coefficient (Wildman–Crippen LogP) is 2.90. The van der Waals surface area contributed by atoms with Crippen molar-refractivity contribution in [2.24, 2.45) is 0 Å². The second-order valence-electron chi connectivity index (χ2n) is 5.27. The number of aromatic hydroxyl groups is 1. The van der Waals surface area contributed by atoms with Crippen LogP contribution in [0.5, 0.6) is 5.75 Å². The Morgan fingerprint density at radius 3 is 2.78 bits per heavy atom. The number of nitrogens with one attached hydrogen (secondary N) is 1. The first-order valence-corrected chi connectivity index (χ1v) is 6.08. The molecule has 18 heavy (non-hydrogen) atoms. The molecule has 3 heteroatoms. The second kappa shape index (κ2) is 4.65. The topological polar surface area (TPSA) is 36.0 Å². The summed E-state index contributed by atoms with van der Waals surface area (Å²) in [5.74, 6) is -0.0525. The molecule has 0 spiro atoms. The minimum absolute atomic E-state index is 0.0525. The van der Waals surface area contributed by atoms with Gasteiger partial charge in [-0.3, -0.25) is 0 Å². The summed E-state index contributed by atoms with van der Waals surface area (Å²) in [4.78, 5) is 2.91. The number of hydrogen-bond donors (Lipinski definition) is 2. The molecule has 3 nitrogen and oxygen atoms in total. The highest BCUT2D eigenvalue weighted by Gasteiger charge is 2.20. The molecular weight excluding hydrogens is 224 g/mol. The fraction of sp³-hybridized carbons (Fsp3) is 0.467. The van der Waals surface area contributed by atoms with Crippen molar-refractivity contribution in [3.63, 3.8) is 0 Å². The number of likely N-dealkylation sites (N-methyl/N-ethyl adjacent to an activating group) is 1. The van der Waals surface area contributed by atoms with E-state index in [2.05, 4.69) is 4.98 Å². The summed E-state index contributed by atoms with van der Waals surface area (Å²) in [7, 11) is 3.36. The summed E-state index contributed by atoms with van der Waals surface area (Å²) in [5.41, 5.74) is 0.724. The van der Waals surface area contributed by atoms with E-state index in [1.54, 1.807) is 26.2 Å². The average Bonchev–Trinajstić information content (AvgIpc) is 2.84. The summed E-state index contributed by atoms with van der Waals surface area (Å²) in [6, 6.07) is 4.76. The van der Waals surface area contributed by atoms with Crippen LogP contribution >= 0.6 is 0 Å². The standard InChI is InChI=1S/C15H22N2O/c1-11(2)17(3,4)9-8-12-10-16-13-6-5-7-14(18)15(12)13/h5-7,10-11,16H,8-9H2,1-4H3/p+1/i8D2,9D2. The molecule has 0 unspecified atom stereocenters. The maximum Gasteiger partial charge on any atom is 0.125 e. The van der Waals surface area contributed by atoms with Gasteiger partial charge in [0.25, 0.3) is 0 Å². The van der Waals surface area contributed by atoms with E-state index >= 15 is 0 Å². The zero-order valence-electron chi connectivity index (χ0n) is 15.3. The number of nitrogens with zero attached hydrogens (tertiary/aromatic N) is 1. The normalized spacial score (nSPS) is 17.4. The van der Waals surface area contributed by atoms with E-state index in [0.717, 1.165) is 0 Å². The smallest absolute Gasteiger partial charge is 0.125 e. The van der Waals surface area contributed by atoms with E-state index in [1.807, 2.05) is 13.8 Å². The number of aryl methyl sites for hydroxylation is 1. The molecule has 0 amide bonds. The van der Waals surface area contributed by atoms with Gasteiger partial charge in [-0.25, -0.2) is 0 Å². The van der Waals surface area contributed by atoms with Crippen molar-refractivity contribution >= 4 is 10.9 Å². The van der Waals surface area contributed by atoms with Crippen molar-refractivity contribution in [1.82, 2.24) is 4.98 Å². The summed E-state index contributed by atoms with van der Waals surface area (Å²) in [5, 5.41) is 10.4. The highest BCUT2D eigenvalue weighted by Crippen LogP contribution is 2.28. The summed E-state index contributed by atoms with van der Waals surface area (Å²) < 4.78 is 33.7. The molecule has 0 bridgehead atoms. The Kier molecular flexibility index (Phi) is 2.22. The van der Waals surface area contributed by atoms with Gasteiger partial charge >= 0.3 is 0 Å². The van der Waals surface area contributed by atoms with Crippen LogP contribution in [0.15, 0.2) is 24.4 Å². The maximum atomic E-state index is 10.1. The number of aromatic amines is 1. The number of fused-ring (bicyclic) bond motifs is 1. The molecule has 0 saturated heterocycles. The van der Waals surface area contributed by atoms with Crippen LogP contribution in [-0.2, 0) is 6.37 Å². The molecule has 0 saturated carbocycles. The van der Waals surface area contributed by atoms with Crippen molar-refractivity contribution in [2.45, 2.75) is 26.3 Å². The van der Waals surface area contributed by atoms with Crippen molar-refractivity contribution in [2.75, 3.05) is 20.6 Å². The molecule has 98 valence electrons. The van der Waals surface area contributed by atoms with Crippen LogP contribution in [0.4, 0.5) is 0 Å². The number of hydrogen-bond acceptors (Lipinski definition) is 1. The van der Waals surface area contributed by atoms with Gasteiger partial charge in [-0.05, 0) is 31.5 Å². The van der Waals surface area contributed by atoms with Crippen LogP contribution < -0.4 is 0 Å². The number of quaternary nitrogens is 1. The van der Waals surface area contributed by atoms with Gasteiger partial charge in [0.15, 0.2) is 0 Å². The van der Waals surface area contributed by atoms with Gasteiger partial charge in [-0.15, -0.1) is 0 Å². The van der Waals surface area contributed by atoms with E-state index in [0.29, 0.717) is 10.9 Å². The van der Waals surface area contributed by atoms with Crippen LogP contribution in [0.25, 0.3) is 10.9 Å². The summed E-state index contributed by atoms with van der Waals surface area (Å²) in [6.45, 7) is 1.54. The van der Waals surface area contributed by atoms with Gasteiger partial charge < -0.3 is 14.6 Å². The van der Waals surface area contributed by atoms with E-state index in [4.69, 9.17) is 5.48 Å². The molecule has 1 aromatic heterocycles. The number of rotatable bonds is 4. The Labute approximate surface area is 114 Å². The molecule has 0 fully saturated rings. The molecule has 0 radical (unpaired) electrons. The fourth-order valence-electron chi connectivity index (χ4n) is 1.60. The third-order valence-corrected chi connectivity index (χ3v) is 3.45. The van der Waals surface area contributed by atoms with Crippen molar-refractivity contribution in [1.29, 1.82) is 0 Å². The SMILES string of the molecule is [2H]C([2H])(c1c[nH]c2cccc(O)c12)C([2H])([2H])[N+](C)(C)C(C)C. The molecule has 1 aromatic carbocycles. The number of phenolic OH excluding ortho intramolecular Hbond substituents is 1. The number of H-pyrrole nitrogens is 1. The molecule has 0 aliphatic rings. The second-order valence-corrected chi connectivity index (χ2v) is 5.27. The minimum atomic E-state index is -2.28. The quantitative estimate of drug-likeness (QED) is 0.805. The lowest BCUT2D eigenvalue weighted by Crippen LogP contribution is -2.46. The molecule has 2 rings (SSSR count). The van der Waals surface area contributed by atoms with Crippen molar-refractivity contribution in [3.8, 4) is 5.75 Å². The van der Waals surface area contributed by atoms with Crippen LogP contribution in [0.1, 0.15) is 24.9 Å². The summed E-state index contributed by atoms with van der Waals surface area (Å²) in [6.07, 6.45) is -0.833. The van der Waals surface area contributed by atoms with Crippen molar-refractivity contribution in [3.05, 3.63) is 30.0 Å². The van der Waals surface area contributed by atoms with Crippen LogP contribution in [0.3, 0.4) is 0 Å². The Bertz CT molecular complexity index is 692. The Balaban J connectivity index is 2.67. The first-order chi connectivity index (χ1) is 9.94. The van der Waals surface area contributed by atoms with Crippen LogP contribution in [0, 0.1) is 0 Å². The molecule has 2 N–H and O–H groups in total. The lowest BCUT2D eigenvalue weighted by molar-refractivity contribution is -0.910. The van der Waals surface area contributed by atoms with Gasteiger partial charge in [0.05, 0.1) is 29.4 Å². The van der Waals surface area contributed by atoms with Crippen LogP contribution in [0.2, 0.25) is 0 Å². The minimum Gasteiger partial charge on any atom is -0.507 e. The highest BCUT2D eigenvalue weighted by molar-refractivity contribution is 5.88. The largest absolute Gasteiger partial charge is 0.507 e. The van der Waals surface area contributed by atoms with Crippen LogP contribution in [-0.4, -0.2) is 41.2 Å². The zero-order valence-corrected chi connectivity index (χ0v) is 11.3. The van der Waals surface area contributed by atoms with E-state index in [9.17, 15) is 5.11 Å². The third kappa shape index (κ3) is 2.36. The molecule has 0 aliphatic heterocycles. The Morgan fingerprint density at radius 1 is 1.39 bits per heavy atom. The monoisotopic (exact) mass is 251 g/mol. The lowest BCUT2D eigenvalue weighted by atomic mass is 10.1. The molecular formula is C15H23N2O+. The van der Waals surface area contributed by atoms with Gasteiger partial charge in [0, 0.05) is 26.2 Å². The fourth-order valence-corrected chi connectivity index (χ4v) is 1.60. The molecule has 2 aromatic rings. The third-order valence-electron chi connectivity index (χ3n) is 3.45. The zero-order chi connectivity index (χ0) is 16.9. The predicted molar refractivity (Wildman–Crippen MR) is 75.8 cm³/mol. The maximum absolute atomic E-state index is 10.1. The van der Waals surface area contributed by atoms with Crippen molar-refractivity contribution < 1.29 is 15.1 Å². The number of phenols is 1. The highest BCUT2D eigenvalue weighted by atomic mass is 16.3. The van der Waals surface area contributed by atoms with Gasteiger partial charge in [0.1, 0.15) is 5.75 Å². The Hall–Kier alpha value is -1.48. The first kappa shape index (κ1) is 8.59. The van der Waals surface area contributed by atoms with Gasteiger partial charge in [0.2, 0.25) is 0 Å². The Morgan fingerprint density at radius 2 is 2.11 bits per heavy atom. The first-order valence-electron chi connectivity index (χ1n) is 8.08. The number of benzene rings is 1. The van der Waals surface area contributed by atoms with E-state index in [1.165, 1.54) is 12.3 Å².